The van der Waals surface area contributed by atoms with Gasteiger partial charge in [0.25, 0.3) is 0 Å². The van der Waals surface area contributed by atoms with Crippen molar-refractivity contribution >= 4 is 57.2 Å². The lowest BCUT2D eigenvalue weighted by molar-refractivity contribution is -0.111. The maximum Gasteiger partial charge on any atom is 0.247 e. The van der Waals surface area contributed by atoms with Crippen LogP contribution in [0.5, 0.6) is 5.75 Å². The van der Waals surface area contributed by atoms with Gasteiger partial charge >= 0.3 is 0 Å². The van der Waals surface area contributed by atoms with Crippen LogP contribution in [0.2, 0.25) is 10.0 Å². The van der Waals surface area contributed by atoms with Gasteiger partial charge in [0.05, 0.1) is 26.9 Å². The van der Waals surface area contributed by atoms with E-state index >= 15 is 0 Å². The Bertz CT molecular complexity index is 1410. The van der Waals surface area contributed by atoms with Crippen molar-refractivity contribution in [3.8, 4) is 5.75 Å². The number of hydrogen-bond acceptors (Lipinski definition) is 5. The van der Waals surface area contributed by atoms with E-state index in [0.717, 1.165) is 35.0 Å². The molecule has 9 heteroatoms. The Morgan fingerprint density at radius 3 is 2.71 bits per heavy atom. The van der Waals surface area contributed by atoms with Gasteiger partial charge in [-0.15, -0.1) is 0 Å². The van der Waals surface area contributed by atoms with Crippen molar-refractivity contribution < 1.29 is 9.53 Å². The molecular formula is C26H23Cl2N5O2. The fraction of sp³-hybridized carbons (Fsp3) is 0.192. The molecule has 178 valence electrons. The summed E-state index contributed by atoms with van der Waals surface area (Å²) >= 11 is 12.6. The number of fused-ring (bicyclic) bond motifs is 1. The number of para-hydroxylation sites is 1. The van der Waals surface area contributed by atoms with Crippen LogP contribution in [-0.4, -0.2) is 21.1 Å². The maximum atomic E-state index is 12.0. The van der Waals surface area contributed by atoms with E-state index in [1.807, 2.05) is 37.3 Å². The fourth-order valence-corrected chi connectivity index (χ4v) is 4.76. The number of ether oxygens (including phenoxy) is 1. The minimum absolute atomic E-state index is 0.272. The Kier molecular flexibility index (Phi) is 6.36. The number of amides is 1. The van der Waals surface area contributed by atoms with Gasteiger partial charge in [0.15, 0.2) is 5.82 Å². The minimum atomic E-state index is -0.393. The molecule has 7 nitrogen and oxygen atoms in total. The standard InChI is InChI=1S/C26H23Cl2N5O2/c1-3-23(34)30-22-6-4-5-17(15-7-8-15)25(22)31-26-18-11-16(9-10-21(18)32-33-26)35-14(2)24-19(27)12-29-13-20(24)28/h3-6,9-15H,1,7-8H2,2H3,(H,30,34)(H2,31,32,33). The van der Waals surface area contributed by atoms with Gasteiger partial charge in [-0.2, -0.15) is 5.10 Å². The largest absolute Gasteiger partial charge is 0.486 e. The average molecular weight is 508 g/mol. The number of carbonyl (C=O) groups is 1. The normalized spacial score (nSPS) is 13.9. The summed E-state index contributed by atoms with van der Waals surface area (Å²) in [5.74, 6) is 1.44. The third-order valence-electron chi connectivity index (χ3n) is 5.94. The van der Waals surface area contributed by atoms with Crippen LogP contribution in [0.4, 0.5) is 17.2 Å². The second kappa shape index (κ2) is 9.60. The third-order valence-corrected chi connectivity index (χ3v) is 6.55. The summed E-state index contributed by atoms with van der Waals surface area (Å²) in [6.45, 7) is 5.44. The van der Waals surface area contributed by atoms with Gasteiger partial charge in [0.1, 0.15) is 11.9 Å². The number of hydrogen-bond donors (Lipinski definition) is 3. The quantitative estimate of drug-likeness (QED) is 0.220. The topological polar surface area (TPSA) is 91.9 Å². The fourth-order valence-electron chi connectivity index (χ4n) is 4.08. The second-order valence-electron chi connectivity index (χ2n) is 8.42. The van der Waals surface area contributed by atoms with E-state index in [9.17, 15) is 4.79 Å². The molecule has 1 atom stereocenters. The molecule has 0 aliphatic heterocycles. The molecule has 2 aromatic heterocycles. The molecule has 2 aromatic carbocycles. The van der Waals surface area contributed by atoms with Crippen molar-refractivity contribution in [1.29, 1.82) is 0 Å². The molecule has 1 fully saturated rings. The first kappa shape index (κ1) is 23.2. The SMILES string of the molecule is C=CC(=O)Nc1cccc(C2CC2)c1Nc1n[nH]c2ccc(OC(C)c3c(Cl)cncc3Cl)cc12. The summed E-state index contributed by atoms with van der Waals surface area (Å²) in [5, 5.41) is 15.6. The summed E-state index contributed by atoms with van der Waals surface area (Å²) < 4.78 is 6.17. The molecule has 1 saturated carbocycles. The molecule has 1 amide bonds. The molecule has 4 aromatic rings. The van der Waals surface area contributed by atoms with Crippen LogP contribution in [-0.2, 0) is 4.79 Å². The number of pyridine rings is 1. The van der Waals surface area contributed by atoms with Crippen LogP contribution in [0.3, 0.4) is 0 Å². The zero-order valence-corrected chi connectivity index (χ0v) is 20.5. The second-order valence-corrected chi connectivity index (χ2v) is 9.23. The number of aromatic amines is 1. The number of halogens is 2. The zero-order valence-electron chi connectivity index (χ0n) is 18.9. The first-order chi connectivity index (χ1) is 16.9. The van der Waals surface area contributed by atoms with Gasteiger partial charge in [-0.1, -0.05) is 41.9 Å². The number of benzene rings is 2. The van der Waals surface area contributed by atoms with Gasteiger partial charge < -0.3 is 15.4 Å². The van der Waals surface area contributed by atoms with Gasteiger partial charge in [-0.3, -0.25) is 14.9 Å². The summed E-state index contributed by atoms with van der Waals surface area (Å²) in [4.78, 5) is 16.0. The molecule has 0 spiro atoms. The lowest BCUT2D eigenvalue weighted by atomic mass is 10.1. The number of H-pyrrole nitrogens is 1. The van der Waals surface area contributed by atoms with Gasteiger partial charge in [0.2, 0.25) is 5.91 Å². The van der Waals surface area contributed by atoms with E-state index in [-0.39, 0.29) is 5.91 Å². The lowest BCUT2D eigenvalue weighted by Crippen LogP contribution is -2.10. The first-order valence-corrected chi connectivity index (χ1v) is 12.0. The molecule has 1 aliphatic carbocycles. The molecule has 1 aliphatic rings. The molecular weight excluding hydrogens is 485 g/mol. The van der Waals surface area contributed by atoms with Crippen molar-refractivity contribution in [2.45, 2.75) is 31.8 Å². The maximum absolute atomic E-state index is 12.0. The molecule has 3 N–H and O–H groups in total. The Morgan fingerprint density at radius 1 is 1.23 bits per heavy atom. The molecule has 5 rings (SSSR count). The summed E-state index contributed by atoms with van der Waals surface area (Å²) in [7, 11) is 0. The van der Waals surface area contributed by atoms with E-state index in [4.69, 9.17) is 27.9 Å². The van der Waals surface area contributed by atoms with Crippen molar-refractivity contribution in [3.05, 3.63) is 82.6 Å². The van der Waals surface area contributed by atoms with E-state index in [2.05, 4.69) is 38.5 Å². The molecule has 0 saturated heterocycles. The lowest BCUT2D eigenvalue weighted by Gasteiger charge is -2.18. The number of nitrogens with zero attached hydrogens (tertiary/aromatic N) is 2. The molecule has 35 heavy (non-hydrogen) atoms. The zero-order chi connectivity index (χ0) is 24.5. The summed E-state index contributed by atoms with van der Waals surface area (Å²) in [6.07, 6.45) is 6.18. The number of aromatic nitrogens is 3. The van der Waals surface area contributed by atoms with E-state index in [0.29, 0.717) is 38.8 Å². The number of anilines is 3. The highest BCUT2D eigenvalue weighted by Gasteiger charge is 2.28. The summed E-state index contributed by atoms with van der Waals surface area (Å²) in [6, 6.07) is 11.6. The Balaban J connectivity index is 1.47. The van der Waals surface area contributed by atoms with Crippen molar-refractivity contribution in [2.75, 3.05) is 10.6 Å². The predicted molar refractivity (Wildman–Crippen MR) is 140 cm³/mol. The number of nitrogens with one attached hydrogen (secondary N) is 3. The van der Waals surface area contributed by atoms with Crippen LogP contribution in [0.1, 0.15) is 42.9 Å². The van der Waals surface area contributed by atoms with Crippen LogP contribution < -0.4 is 15.4 Å². The van der Waals surface area contributed by atoms with Crippen LogP contribution >= 0.6 is 23.2 Å². The highest BCUT2D eigenvalue weighted by Crippen LogP contribution is 2.46. The van der Waals surface area contributed by atoms with Gasteiger partial charge in [-0.05, 0) is 61.6 Å². The van der Waals surface area contributed by atoms with Crippen LogP contribution in [0, 0.1) is 0 Å². The molecule has 2 heterocycles. The van der Waals surface area contributed by atoms with Crippen LogP contribution in [0.15, 0.2) is 61.4 Å². The summed E-state index contributed by atoms with van der Waals surface area (Å²) in [5.41, 5.74) is 4.17. The van der Waals surface area contributed by atoms with Crippen molar-refractivity contribution in [3.63, 3.8) is 0 Å². The first-order valence-electron chi connectivity index (χ1n) is 11.2. The average Bonchev–Trinajstić information content (AvgIpc) is 3.61. The van der Waals surface area contributed by atoms with Gasteiger partial charge in [0, 0.05) is 23.3 Å². The van der Waals surface area contributed by atoms with E-state index < -0.39 is 6.10 Å². The predicted octanol–water partition coefficient (Wildman–Crippen LogP) is 7.15. The van der Waals surface area contributed by atoms with Crippen LogP contribution in [0.25, 0.3) is 10.9 Å². The number of rotatable bonds is 8. The Hall–Kier alpha value is -3.55. The molecule has 0 radical (unpaired) electrons. The highest BCUT2D eigenvalue weighted by atomic mass is 35.5. The molecule has 0 bridgehead atoms. The van der Waals surface area contributed by atoms with E-state index in [1.54, 1.807) is 12.4 Å². The smallest absolute Gasteiger partial charge is 0.247 e. The third kappa shape index (κ3) is 4.83. The van der Waals surface area contributed by atoms with Gasteiger partial charge in [-0.25, -0.2) is 0 Å². The number of carbonyl (C=O) groups excluding carboxylic acids is 1. The Labute approximate surface area is 212 Å². The van der Waals surface area contributed by atoms with Crippen molar-refractivity contribution in [2.24, 2.45) is 0 Å². The molecule has 1 unspecified atom stereocenters. The van der Waals surface area contributed by atoms with Crippen molar-refractivity contribution in [1.82, 2.24) is 15.2 Å². The van der Waals surface area contributed by atoms with E-state index in [1.165, 1.54) is 6.08 Å². The Morgan fingerprint density at radius 2 is 2.00 bits per heavy atom. The monoisotopic (exact) mass is 507 g/mol. The highest BCUT2D eigenvalue weighted by molar-refractivity contribution is 6.35. The minimum Gasteiger partial charge on any atom is -0.486 e.